The Bertz CT molecular complexity index is 1760. The fraction of sp³-hybridized carbons (Fsp3) is 0.625. The summed E-state index contributed by atoms with van der Waals surface area (Å²) in [6, 6.07) is 8.73. The Labute approximate surface area is 303 Å². The van der Waals surface area contributed by atoms with Gasteiger partial charge in [0, 0.05) is 48.9 Å². The van der Waals surface area contributed by atoms with Gasteiger partial charge in [-0.05, 0) is 114 Å². The lowest BCUT2D eigenvalue weighted by molar-refractivity contribution is -0.390. The van der Waals surface area contributed by atoms with Gasteiger partial charge in [0.2, 0.25) is 17.5 Å². The molecule has 2 aromatic carbocycles. The average molecular weight is 726 g/mol. The maximum atomic E-state index is 13.5. The molecule has 1 saturated heterocycles. The number of hydrogen-bond donors (Lipinski definition) is 2. The van der Waals surface area contributed by atoms with Gasteiger partial charge in [0.1, 0.15) is 11.3 Å². The van der Waals surface area contributed by atoms with Crippen LogP contribution in [0.2, 0.25) is 0 Å². The summed E-state index contributed by atoms with van der Waals surface area (Å²) >= 11 is 0. The van der Waals surface area contributed by atoms with Gasteiger partial charge in [-0.15, -0.1) is 0 Å². The fourth-order valence-electron chi connectivity index (χ4n) is 10.0. The highest BCUT2D eigenvalue weighted by Gasteiger charge is 2.67. The van der Waals surface area contributed by atoms with Crippen LogP contribution in [0.15, 0.2) is 36.4 Å². The first-order valence-corrected chi connectivity index (χ1v) is 19.0. The third-order valence-electron chi connectivity index (χ3n) is 12.2. The molecule has 1 aromatic heterocycles. The molecule has 5 aliphatic carbocycles. The summed E-state index contributed by atoms with van der Waals surface area (Å²) < 4.78 is 64.7. The van der Waals surface area contributed by atoms with Crippen molar-refractivity contribution in [1.82, 2.24) is 10.3 Å². The number of fused-ring (bicyclic) bond motifs is 1. The van der Waals surface area contributed by atoms with Gasteiger partial charge in [0.25, 0.3) is 0 Å². The first-order chi connectivity index (χ1) is 25.0. The van der Waals surface area contributed by atoms with Crippen LogP contribution in [0.4, 0.5) is 18.9 Å². The molecule has 52 heavy (non-hydrogen) atoms. The lowest BCUT2D eigenvalue weighted by Gasteiger charge is -2.57. The van der Waals surface area contributed by atoms with Gasteiger partial charge in [-0.25, -0.2) is 4.98 Å². The standard InChI is InChI=1S/C40H50F3N3O6/c1-23-14-34(48-4)46-36-32(21-33(47-3)37(35(23)36)49-31-11-5-9-27(20-31)40(41,42)43)45-24(2)8-7-13-44-30-10-6-12-38(22-30)50-39(52-51-38)28-16-25-15-26(18-28)19-29(39)17-25/h5,9,11,14,20-21,24-26,28-30,44-45H,6-8,10,12-13,15-19,22H2,1-4H3/t24?,25?,26?,28?,29?,30?,38-,39?/m1/s1. The van der Waals surface area contributed by atoms with E-state index in [1.54, 1.807) is 19.2 Å². The molecule has 6 aliphatic rings. The SMILES string of the molecule is COc1cc(C)c2c(Oc3cccc(C(F)(F)F)c3)c(OC)cc(NC(C)CCCNC3CCC[C@]4(C3)OOC3(O4)C4CC5CC(C4)CC3C5)c2n1. The predicted molar refractivity (Wildman–Crippen MR) is 189 cm³/mol. The van der Waals surface area contributed by atoms with Crippen LogP contribution < -0.4 is 24.8 Å². The molecule has 2 N–H and O–H groups in total. The minimum absolute atomic E-state index is 0.0426. The number of methoxy groups -OCH3 is 2. The molecule has 5 saturated carbocycles. The van der Waals surface area contributed by atoms with E-state index in [0.29, 0.717) is 46.1 Å². The molecule has 2 spiro atoms. The van der Waals surface area contributed by atoms with Crippen molar-refractivity contribution in [1.29, 1.82) is 0 Å². The van der Waals surface area contributed by atoms with Crippen molar-refractivity contribution in [2.24, 2.45) is 23.7 Å². The molecule has 6 fully saturated rings. The molecule has 282 valence electrons. The van der Waals surface area contributed by atoms with Gasteiger partial charge in [-0.2, -0.15) is 22.9 Å². The fourth-order valence-corrected chi connectivity index (χ4v) is 10.0. The summed E-state index contributed by atoms with van der Waals surface area (Å²) in [6.45, 7) is 4.86. The third-order valence-corrected chi connectivity index (χ3v) is 12.2. The first kappa shape index (κ1) is 35.7. The second-order valence-corrected chi connectivity index (χ2v) is 15.9. The molecule has 3 atom stereocenters. The summed E-state index contributed by atoms with van der Waals surface area (Å²) in [5, 5.41) is 8.01. The van der Waals surface area contributed by atoms with Crippen LogP contribution in [0.3, 0.4) is 0 Å². The predicted octanol–water partition coefficient (Wildman–Crippen LogP) is 9.31. The number of aryl methyl sites for hydroxylation is 1. The van der Waals surface area contributed by atoms with Gasteiger partial charge in [-0.1, -0.05) is 6.07 Å². The van der Waals surface area contributed by atoms with Crippen molar-refractivity contribution in [2.45, 2.75) is 114 Å². The number of anilines is 1. The summed E-state index contributed by atoms with van der Waals surface area (Å²) in [4.78, 5) is 17.2. The molecule has 1 aliphatic heterocycles. The average Bonchev–Trinajstić information content (AvgIpc) is 3.48. The lowest BCUT2D eigenvalue weighted by Crippen LogP contribution is -2.59. The summed E-state index contributed by atoms with van der Waals surface area (Å²) in [7, 11) is 3.06. The van der Waals surface area contributed by atoms with Crippen molar-refractivity contribution in [3.63, 3.8) is 0 Å². The van der Waals surface area contributed by atoms with Crippen molar-refractivity contribution in [2.75, 3.05) is 26.1 Å². The lowest BCUT2D eigenvalue weighted by atomic mass is 9.53. The van der Waals surface area contributed by atoms with Gasteiger partial charge in [0.15, 0.2) is 11.5 Å². The quantitative estimate of drug-likeness (QED) is 0.148. The molecule has 2 unspecified atom stereocenters. The molecule has 0 radical (unpaired) electrons. The second kappa shape index (κ2) is 13.8. The Kier molecular flexibility index (Phi) is 9.49. The van der Waals surface area contributed by atoms with Crippen LogP contribution in [0.1, 0.15) is 88.7 Å². The molecule has 9 rings (SSSR count). The number of nitrogens with zero attached hydrogens (tertiary/aromatic N) is 1. The number of hydrogen-bond acceptors (Lipinski definition) is 9. The van der Waals surface area contributed by atoms with Crippen LogP contribution in [0.5, 0.6) is 23.1 Å². The van der Waals surface area contributed by atoms with E-state index in [1.807, 2.05) is 6.92 Å². The topological polar surface area (TPSA) is 92.3 Å². The molecular weight excluding hydrogens is 675 g/mol. The third kappa shape index (κ3) is 6.69. The van der Waals surface area contributed by atoms with E-state index in [1.165, 1.54) is 51.3 Å². The Balaban J connectivity index is 0.913. The van der Waals surface area contributed by atoms with Crippen LogP contribution in [0, 0.1) is 30.6 Å². The maximum absolute atomic E-state index is 13.5. The number of rotatable bonds is 11. The number of aromatic nitrogens is 1. The van der Waals surface area contributed by atoms with Crippen molar-refractivity contribution in [3.05, 3.63) is 47.5 Å². The minimum Gasteiger partial charge on any atom is -0.493 e. The Morgan fingerprint density at radius 1 is 1.00 bits per heavy atom. The number of halogens is 3. The number of benzene rings is 2. The molecule has 4 bridgehead atoms. The number of alkyl halides is 3. The number of pyridine rings is 1. The van der Waals surface area contributed by atoms with Gasteiger partial charge in [0.05, 0.1) is 30.9 Å². The van der Waals surface area contributed by atoms with Crippen LogP contribution in [-0.2, 0) is 20.7 Å². The minimum atomic E-state index is -4.50. The molecule has 12 heteroatoms. The van der Waals surface area contributed by atoms with Crippen LogP contribution in [0.25, 0.3) is 10.9 Å². The first-order valence-electron chi connectivity index (χ1n) is 19.0. The van der Waals surface area contributed by atoms with E-state index in [0.717, 1.165) is 74.6 Å². The van der Waals surface area contributed by atoms with E-state index in [2.05, 4.69) is 17.6 Å². The van der Waals surface area contributed by atoms with E-state index in [9.17, 15) is 13.2 Å². The Morgan fingerprint density at radius 2 is 1.77 bits per heavy atom. The number of ether oxygens (including phenoxy) is 4. The molecular formula is C40H50F3N3O6. The normalized spacial score (nSPS) is 31.4. The van der Waals surface area contributed by atoms with E-state index in [-0.39, 0.29) is 17.5 Å². The van der Waals surface area contributed by atoms with Gasteiger partial charge in [-0.3, -0.25) is 0 Å². The largest absolute Gasteiger partial charge is 0.493 e. The van der Waals surface area contributed by atoms with Gasteiger partial charge < -0.3 is 29.6 Å². The molecule has 2 heterocycles. The van der Waals surface area contributed by atoms with E-state index >= 15 is 0 Å². The summed E-state index contributed by atoms with van der Waals surface area (Å²) in [5.41, 5.74) is 1.28. The molecule has 9 nitrogen and oxygen atoms in total. The van der Waals surface area contributed by atoms with Crippen molar-refractivity contribution < 1.29 is 41.9 Å². The van der Waals surface area contributed by atoms with Crippen LogP contribution >= 0.6 is 0 Å². The van der Waals surface area contributed by atoms with Crippen molar-refractivity contribution in [3.8, 4) is 23.1 Å². The zero-order valence-electron chi connectivity index (χ0n) is 30.4. The molecule has 3 aromatic rings. The van der Waals surface area contributed by atoms with Gasteiger partial charge >= 0.3 is 6.18 Å². The van der Waals surface area contributed by atoms with E-state index in [4.69, 9.17) is 33.7 Å². The van der Waals surface area contributed by atoms with Crippen LogP contribution in [-0.4, -0.2) is 49.4 Å². The monoisotopic (exact) mass is 725 g/mol. The molecule has 0 amide bonds. The summed E-state index contributed by atoms with van der Waals surface area (Å²) in [6.07, 6.45) is 7.34. The van der Waals surface area contributed by atoms with E-state index < -0.39 is 23.3 Å². The maximum Gasteiger partial charge on any atom is 0.416 e. The highest BCUT2D eigenvalue weighted by molar-refractivity contribution is 6.00. The Morgan fingerprint density at radius 3 is 2.48 bits per heavy atom. The number of nitrogens with one attached hydrogen (secondary N) is 2. The zero-order chi connectivity index (χ0) is 36.3. The Hall–Kier alpha value is -3.32. The highest BCUT2D eigenvalue weighted by Crippen LogP contribution is 2.63. The second-order valence-electron chi connectivity index (χ2n) is 15.9. The zero-order valence-corrected chi connectivity index (χ0v) is 30.4. The summed E-state index contributed by atoms with van der Waals surface area (Å²) in [5.74, 6) is 2.53. The van der Waals surface area contributed by atoms with Crippen molar-refractivity contribution >= 4 is 16.6 Å². The highest BCUT2D eigenvalue weighted by atomic mass is 19.4. The smallest absolute Gasteiger partial charge is 0.416 e.